The third-order valence-corrected chi connectivity index (χ3v) is 6.67. The van der Waals surface area contributed by atoms with Crippen LogP contribution in [0.4, 0.5) is 4.39 Å². The van der Waals surface area contributed by atoms with Gasteiger partial charge in [-0.15, -0.1) is 11.8 Å². The van der Waals surface area contributed by atoms with Crippen LogP contribution in [0.25, 0.3) is 11.3 Å². The van der Waals surface area contributed by atoms with Crippen molar-refractivity contribution in [3.8, 4) is 17.0 Å². The molecule has 1 aromatic heterocycles. The van der Waals surface area contributed by atoms with Gasteiger partial charge in [-0.1, -0.05) is 24.3 Å². The van der Waals surface area contributed by atoms with Crippen molar-refractivity contribution in [2.45, 2.75) is 17.5 Å². The second-order valence-electron chi connectivity index (χ2n) is 7.82. The Bertz CT molecular complexity index is 1280. The number of hydrogen-bond donors (Lipinski definition) is 1. The number of aromatic nitrogens is 2. The molecular weight excluding hydrogens is 437 g/mol. The van der Waals surface area contributed by atoms with Crippen LogP contribution in [0.2, 0.25) is 0 Å². The normalized spacial score (nSPS) is 15.1. The van der Waals surface area contributed by atoms with Crippen LogP contribution in [0.1, 0.15) is 33.2 Å². The highest BCUT2D eigenvalue weighted by Gasteiger charge is 2.42. The molecule has 166 valence electrons. The Kier molecular flexibility index (Phi) is 5.64. The van der Waals surface area contributed by atoms with Crippen LogP contribution >= 0.6 is 11.8 Å². The fourth-order valence-corrected chi connectivity index (χ4v) is 4.66. The number of carbonyl (C=O) groups is 1. The highest BCUT2D eigenvalue weighted by atomic mass is 32.2. The van der Waals surface area contributed by atoms with Crippen LogP contribution < -0.4 is 4.74 Å². The van der Waals surface area contributed by atoms with Gasteiger partial charge in [-0.05, 0) is 65.9 Å². The lowest BCUT2D eigenvalue weighted by Gasteiger charge is -2.26. The van der Waals surface area contributed by atoms with Gasteiger partial charge in [0.05, 0.1) is 18.8 Å². The summed E-state index contributed by atoms with van der Waals surface area (Å²) >= 11 is 1.67. The molecule has 1 unspecified atom stereocenters. The molecule has 5 rings (SSSR count). The van der Waals surface area contributed by atoms with Crippen LogP contribution in [0.3, 0.4) is 0 Å². The molecular formula is C26H22FN3O2S. The first kappa shape index (κ1) is 21.3. The number of rotatable bonds is 6. The van der Waals surface area contributed by atoms with Gasteiger partial charge in [0, 0.05) is 22.6 Å². The summed E-state index contributed by atoms with van der Waals surface area (Å²) in [5.41, 5.74) is 4.83. The van der Waals surface area contributed by atoms with Gasteiger partial charge < -0.3 is 9.64 Å². The number of hydrogen-bond acceptors (Lipinski definition) is 4. The van der Waals surface area contributed by atoms with E-state index in [-0.39, 0.29) is 17.8 Å². The van der Waals surface area contributed by atoms with Gasteiger partial charge in [-0.25, -0.2) is 4.39 Å². The average Bonchev–Trinajstić information content (AvgIpc) is 3.40. The molecule has 1 aliphatic heterocycles. The number of aromatic amines is 1. The summed E-state index contributed by atoms with van der Waals surface area (Å²) in [5, 5.41) is 7.48. The second-order valence-corrected chi connectivity index (χ2v) is 8.70. The van der Waals surface area contributed by atoms with Gasteiger partial charge in [0.25, 0.3) is 5.91 Å². The Morgan fingerprint density at radius 3 is 2.36 bits per heavy atom. The number of ether oxygens (including phenoxy) is 1. The highest BCUT2D eigenvalue weighted by molar-refractivity contribution is 7.98. The lowest BCUT2D eigenvalue weighted by atomic mass is 9.96. The third kappa shape index (κ3) is 3.89. The van der Waals surface area contributed by atoms with Gasteiger partial charge >= 0.3 is 0 Å². The van der Waals surface area contributed by atoms with Crippen molar-refractivity contribution < 1.29 is 13.9 Å². The standard InChI is InChI=1S/C26H22FN3O2S/c1-32-20-11-5-17(6-12-20)23-22-24(29-28-23)26(31)30(15-16-3-9-19(27)10-4-16)25(22)18-7-13-21(33-2)14-8-18/h3-14,25H,15H2,1-2H3,(H,28,29). The number of nitrogens with one attached hydrogen (secondary N) is 1. The molecule has 4 aromatic rings. The van der Waals surface area contributed by atoms with Gasteiger partial charge in [0.15, 0.2) is 0 Å². The maximum absolute atomic E-state index is 13.5. The van der Waals surface area contributed by atoms with Gasteiger partial charge in [-0.3, -0.25) is 9.89 Å². The Morgan fingerprint density at radius 2 is 1.73 bits per heavy atom. The minimum Gasteiger partial charge on any atom is -0.497 e. The fraction of sp³-hybridized carbons (Fsp3) is 0.154. The van der Waals surface area contributed by atoms with Gasteiger partial charge in [0.2, 0.25) is 0 Å². The van der Waals surface area contributed by atoms with Crippen molar-refractivity contribution in [1.29, 1.82) is 0 Å². The van der Waals surface area contributed by atoms with Crippen LogP contribution in [-0.4, -0.2) is 34.4 Å². The van der Waals surface area contributed by atoms with E-state index in [2.05, 4.69) is 34.5 Å². The molecule has 0 saturated heterocycles. The summed E-state index contributed by atoms with van der Waals surface area (Å²) in [6, 6.07) is 21.8. The summed E-state index contributed by atoms with van der Waals surface area (Å²) < 4.78 is 18.7. The molecule has 0 bridgehead atoms. The van der Waals surface area contributed by atoms with E-state index < -0.39 is 0 Å². The molecule has 0 spiro atoms. The summed E-state index contributed by atoms with van der Waals surface area (Å²) in [7, 11) is 1.63. The second kappa shape index (κ2) is 8.75. The van der Waals surface area contributed by atoms with Crippen molar-refractivity contribution in [1.82, 2.24) is 15.1 Å². The Balaban J connectivity index is 1.61. The number of fused-ring (bicyclic) bond motifs is 1. The number of H-pyrrole nitrogens is 1. The molecule has 33 heavy (non-hydrogen) atoms. The fourth-order valence-electron chi connectivity index (χ4n) is 4.25. The largest absolute Gasteiger partial charge is 0.497 e. The number of thioether (sulfide) groups is 1. The zero-order valence-electron chi connectivity index (χ0n) is 18.2. The Hall–Kier alpha value is -3.58. The van der Waals surface area contributed by atoms with Gasteiger partial charge in [0.1, 0.15) is 17.3 Å². The average molecular weight is 460 g/mol. The number of carbonyl (C=O) groups excluding carboxylic acids is 1. The summed E-state index contributed by atoms with van der Waals surface area (Å²) in [6.45, 7) is 0.360. The monoisotopic (exact) mass is 459 g/mol. The van der Waals surface area contributed by atoms with Crippen molar-refractivity contribution in [2.75, 3.05) is 13.4 Å². The molecule has 0 saturated carbocycles. The van der Waals surface area contributed by atoms with Crippen molar-refractivity contribution in [3.05, 3.63) is 101 Å². The third-order valence-electron chi connectivity index (χ3n) is 5.92. The predicted octanol–water partition coefficient (Wildman–Crippen LogP) is 5.69. The first-order valence-electron chi connectivity index (χ1n) is 10.5. The summed E-state index contributed by atoms with van der Waals surface area (Å²) in [4.78, 5) is 16.4. The van der Waals surface area contributed by atoms with Gasteiger partial charge in [-0.2, -0.15) is 5.10 Å². The summed E-state index contributed by atoms with van der Waals surface area (Å²) in [6.07, 6.45) is 2.03. The first-order valence-corrected chi connectivity index (χ1v) is 11.7. The maximum atomic E-state index is 13.5. The van der Waals surface area contributed by atoms with Crippen molar-refractivity contribution >= 4 is 17.7 Å². The molecule has 0 fully saturated rings. The quantitative estimate of drug-likeness (QED) is 0.376. The molecule has 1 amide bonds. The zero-order valence-corrected chi connectivity index (χ0v) is 19.0. The molecule has 3 aromatic carbocycles. The number of benzene rings is 3. The number of halogens is 1. The highest BCUT2D eigenvalue weighted by Crippen LogP contribution is 2.43. The van der Waals surface area contributed by atoms with E-state index >= 15 is 0 Å². The first-order chi connectivity index (χ1) is 16.1. The van der Waals surface area contributed by atoms with E-state index in [9.17, 15) is 9.18 Å². The predicted molar refractivity (Wildman–Crippen MR) is 127 cm³/mol. The van der Waals surface area contributed by atoms with Crippen LogP contribution in [0, 0.1) is 5.82 Å². The van der Waals surface area contributed by atoms with Crippen LogP contribution in [0.15, 0.2) is 77.7 Å². The van der Waals surface area contributed by atoms with Crippen molar-refractivity contribution in [2.24, 2.45) is 0 Å². The summed E-state index contributed by atoms with van der Waals surface area (Å²) in [5.74, 6) is 0.330. The SMILES string of the molecule is COc1ccc(-c2n[nH]c3c2C(c2ccc(SC)cc2)N(Cc2ccc(F)cc2)C3=O)cc1. The molecule has 0 aliphatic carbocycles. The van der Waals surface area contributed by atoms with Crippen LogP contribution in [-0.2, 0) is 6.54 Å². The van der Waals surface area contributed by atoms with E-state index in [4.69, 9.17) is 4.74 Å². The lowest BCUT2D eigenvalue weighted by Crippen LogP contribution is -2.29. The molecule has 1 atom stereocenters. The zero-order chi connectivity index (χ0) is 22.9. The van der Waals surface area contributed by atoms with E-state index in [1.165, 1.54) is 12.1 Å². The number of methoxy groups -OCH3 is 1. The van der Waals surface area contributed by atoms with E-state index in [0.29, 0.717) is 12.2 Å². The topological polar surface area (TPSA) is 58.2 Å². The molecule has 1 aliphatic rings. The van der Waals surface area contributed by atoms with E-state index in [0.717, 1.165) is 38.6 Å². The van der Waals surface area contributed by atoms with Crippen LogP contribution in [0.5, 0.6) is 5.75 Å². The van der Waals surface area contributed by atoms with E-state index in [1.54, 1.807) is 31.0 Å². The minimum atomic E-state index is -0.315. The maximum Gasteiger partial charge on any atom is 0.273 e. The minimum absolute atomic E-state index is 0.125. The van der Waals surface area contributed by atoms with Crippen molar-refractivity contribution in [3.63, 3.8) is 0 Å². The Morgan fingerprint density at radius 1 is 1.03 bits per heavy atom. The Labute approximate surface area is 195 Å². The van der Waals surface area contributed by atoms with E-state index in [1.807, 2.05) is 35.4 Å². The molecule has 5 nitrogen and oxygen atoms in total. The molecule has 0 radical (unpaired) electrons. The molecule has 7 heteroatoms. The lowest BCUT2D eigenvalue weighted by molar-refractivity contribution is 0.0730. The smallest absolute Gasteiger partial charge is 0.273 e. The molecule has 1 N–H and O–H groups in total. The number of nitrogens with zero attached hydrogens (tertiary/aromatic N) is 2. The molecule has 2 heterocycles. The number of amides is 1.